The first-order valence-electron chi connectivity index (χ1n) is 43.8. The van der Waals surface area contributed by atoms with E-state index >= 15 is 0 Å². The van der Waals surface area contributed by atoms with Crippen LogP contribution in [-0.4, -0.2) is 42.1 Å². The number of hydrogen-bond acceptors (Lipinski definition) is 10. The van der Waals surface area contributed by atoms with Gasteiger partial charge in [0.15, 0.2) is 0 Å². The van der Waals surface area contributed by atoms with Gasteiger partial charge in [0, 0.05) is 0 Å². The molecule has 0 spiro atoms. The predicted molar refractivity (Wildman–Crippen MR) is 534 cm³/mol. The molecule has 119 heavy (non-hydrogen) atoms. The van der Waals surface area contributed by atoms with Crippen LogP contribution in [0.3, 0.4) is 0 Å². The first kappa shape index (κ1) is 142. The molecule has 0 saturated carbocycles. The first-order valence-corrected chi connectivity index (χ1v) is 51.2. The van der Waals surface area contributed by atoms with E-state index in [-0.39, 0.29) is 0 Å². The van der Waals surface area contributed by atoms with Gasteiger partial charge in [0.25, 0.3) is 0 Å². The molecule has 11 aromatic carbocycles. The van der Waals surface area contributed by atoms with Crippen LogP contribution in [0.25, 0.3) is 0 Å². The predicted octanol–water partition coefficient (Wildman–Crippen LogP) is 33.8. The first-order chi connectivity index (χ1) is 58.1. The van der Waals surface area contributed by atoms with Gasteiger partial charge in [-0.15, -0.1) is 0 Å². The van der Waals surface area contributed by atoms with Crippen LogP contribution in [0.4, 0.5) is 0 Å². The van der Waals surface area contributed by atoms with Crippen molar-refractivity contribution in [3.05, 3.63) is 340 Å². The third-order valence-electron chi connectivity index (χ3n) is 11.2. The monoisotopic (exact) mass is 1740 g/mol. The van der Waals surface area contributed by atoms with Gasteiger partial charge >= 0.3 is 0 Å². The molecule has 10 nitrogen and oxygen atoms in total. The molecule has 0 saturated heterocycles. The van der Waals surface area contributed by atoms with E-state index in [2.05, 4.69) is 0 Å². The molecule has 0 atom stereocenters. The molecule has 0 bridgehead atoms. The smallest absolute Gasteiger partial charge is 0.206 e. The second-order valence-electron chi connectivity index (χ2n) is 16.8. The molecule has 0 amide bonds. The Morgan fingerprint density at radius 1 is 0.0924 bits per heavy atom. The Bertz CT molecular complexity index is 3290. The van der Waals surface area contributed by atoms with Crippen molar-refractivity contribution in [2.75, 3.05) is 0 Å². The fourth-order valence-corrected chi connectivity index (χ4v) is 13.6. The minimum atomic E-state index is -3.34. The van der Waals surface area contributed by atoms with Gasteiger partial charge in [0.05, 0.1) is 49.0 Å². The van der Waals surface area contributed by atoms with Gasteiger partial charge < -0.3 is 0 Å². The van der Waals surface area contributed by atoms with Crippen molar-refractivity contribution in [2.45, 2.75) is 312 Å². The molecule has 0 unspecified atom stereocenters. The summed E-state index contributed by atoms with van der Waals surface area (Å²) in [7, 11) is -16.7. The van der Waals surface area contributed by atoms with Crippen molar-refractivity contribution in [1.29, 1.82) is 0 Å². The molecule has 0 aromatic heterocycles. The van der Waals surface area contributed by atoms with Crippen LogP contribution in [-0.2, 0) is 49.2 Å². The van der Waals surface area contributed by atoms with Crippen LogP contribution in [0.5, 0.6) is 0 Å². The Hall–Kier alpha value is -8.83. The summed E-state index contributed by atoms with van der Waals surface area (Å²) in [5.41, 5.74) is 0. The highest BCUT2D eigenvalue weighted by molar-refractivity contribution is 7.92. The molecule has 0 N–H and O–H groups in total. The van der Waals surface area contributed by atoms with Crippen LogP contribution < -0.4 is 0 Å². The SMILES string of the molecule is CC.CC.CC.CC.CC.CC.CC.CC.CC.CC.CC.CC.CC.CC.CC.CC.CC.CC.CC.O=S(=O)(c1ccccc1)c1ccccc1.O=S(=O)(c1ccccc1)c1ccccc1.O=S(=O)(c1ccccc1)c1ccccc1.O=S(=O)(c1ccccc1)c1ccccc1.O=S(=O)(c1ccccc1)c1ccccc1.c1ccccc1. The number of rotatable bonds is 10. The van der Waals surface area contributed by atoms with Gasteiger partial charge in [0.1, 0.15) is 0 Å². The van der Waals surface area contributed by atoms with Gasteiger partial charge in [-0.3, -0.25) is 0 Å². The van der Waals surface area contributed by atoms with Crippen molar-refractivity contribution in [3.8, 4) is 0 Å². The average Bonchev–Trinajstić information content (AvgIpc) is 0.849. The number of hydrogen-bond donors (Lipinski definition) is 0. The van der Waals surface area contributed by atoms with Crippen molar-refractivity contribution in [3.63, 3.8) is 0 Å². The lowest BCUT2D eigenvalue weighted by atomic mass is 10.4. The quantitative estimate of drug-likeness (QED) is 0.128. The van der Waals surface area contributed by atoms with E-state index in [4.69, 9.17) is 0 Å². The maximum Gasteiger partial charge on any atom is 0.206 e. The summed E-state index contributed by atoms with van der Waals surface area (Å²) in [5.74, 6) is 0. The third kappa shape index (κ3) is 66.6. The van der Waals surface area contributed by atoms with E-state index in [1.165, 1.54) is 0 Å². The molecule has 0 aliphatic heterocycles. The molecule has 11 aromatic rings. The molecular weight excluding hydrogens is 1570 g/mol. The Morgan fingerprint density at radius 2 is 0.134 bits per heavy atom. The van der Waals surface area contributed by atoms with E-state index < -0.39 is 49.2 Å². The molecule has 0 heterocycles. The van der Waals surface area contributed by atoms with Gasteiger partial charge in [-0.25, -0.2) is 42.1 Å². The fourth-order valence-electron chi connectivity index (χ4n) is 7.06. The van der Waals surface area contributed by atoms with E-state index in [0.717, 1.165) is 0 Å². The lowest BCUT2D eigenvalue weighted by molar-refractivity contribution is 0.594. The third-order valence-corrected chi connectivity index (χ3v) is 20.1. The van der Waals surface area contributed by atoms with Gasteiger partial charge in [0.2, 0.25) is 49.2 Å². The highest BCUT2D eigenvalue weighted by Crippen LogP contribution is 2.24. The van der Waals surface area contributed by atoms with E-state index in [1.807, 2.05) is 300 Å². The summed E-state index contributed by atoms with van der Waals surface area (Å²) < 4.78 is 120. The van der Waals surface area contributed by atoms with Gasteiger partial charge in [-0.2, -0.15) is 0 Å². The molecular formula is C104H170O10S5. The topological polar surface area (TPSA) is 171 Å². The summed E-state index contributed by atoms with van der Waals surface area (Å²) >= 11 is 0. The van der Waals surface area contributed by atoms with Crippen molar-refractivity contribution < 1.29 is 42.1 Å². The maximum absolute atomic E-state index is 12.0. The van der Waals surface area contributed by atoms with Gasteiger partial charge in [-0.05, 0) is 121 Å². The van der Waals surface area contributed by atoms with E-state index in [0.29, 0.717) is 49.0 Å². The molecule has 676 valence electrons. The molecule has 0 fully saturated rings. The fraction of sp³-hybridized carbons (Fsp3) is 0.365. The number of sulfone groups is 5. The van der Waals surface area contributed by atoms with Crippen LogP contribution in [0.1, 0.15) is 263 Å². The molecule has 11 rings (SSSR count). The van der Waals surface area contributed by atoms with Crippen LogP contribution >= 0.6 is 0 Å². The average molecular weight is 1740 g/mol. The van der Waals surface area contributed by atoms with E-state index in [9.17, 15) is 42.1 Å². The Kier molecular flexibility index (Phi) is 133. The Morgan fingerprint density at radius 3 is 0.185 bits per heavy atom. The van der Waals surface area contributed by atoms with Crippen molar-refractivity contribution >= 4 is 49.2 Å². The summed E-state index contributed by atoms with van der Waals surface area (Å²) in [6.07, 6.45) is 0. The molecule has 15 heteroatoms. The Balaban J connectivity index is -0.0000000862. The minimum Gasteiger partial charge on any atom is -0.219 e. The zero-order valence-corrected chi connectivity index (χ0v) is 85.5. The molecule has 0 radical (unpaired) electrons. The van der Waals surface area contributed by atoms with E-state index in [1.54, 1.807) is 303 Å². The minimum absolute atomic E-state index is 0.330. The lowest BCUT2D eigenvalue weighted by Crippen LogP contribution is -2.00. The Labute approximate surface area is 737 Å². The summed E-state index contributed by atoms with van der Waals surface area (Å²) in [5, 5.41) is 0. The zero-order chi connectivity index (χ0) is 95.9. The van der Waals surface area contributed by atoms with Crippen molar-refractivity contribution in [1.82, 2.24) is 0 Å². The molecule has 0 aliphatic rings. The second kappa shape index (κ2) is 111. The zero-order valence-electron chi connectivity index (χ0n) is 81.5. The van der Waals surface area contributed by atoms with Gasteiger partial charge in [-0.1, -0.05) is 481 Å². The van der Waals surface area contributed by atoms with Crippen LogP contribution in [0, 0.1) is 0 Å². The highest BCUT2D eigenvalue weighted by Gasteiger charge is 2.19. The van der Waals surface area contributed by atoms with Crippen LogP contribution in [0.15, 0.2) is 389 Å². The summed E-state index contributed by atoms with van der Waals surface area (Å²) in [6, 6.07) is 96.3. The second-order valence-corrected chi connectivity index (χ2v) is 26.6. The standard InChI is InChI=1S/5C12H10O2S.C6H6.19C2H6/c5*13-15(14,11-7-3-1-4-8-11)12-9-5-2-6-10-12;1-2-4-6-5-3-1;19*1-2/h5*1-10H;1-6H;19*1-2H3. The maximum atomic E-state index is 12.0. The summed E-state index contributed by atoms with van der Waals surface area (Å²) in [6.45, 7) is 76.0. The summed E-state index contributed by atoms with van der Waals surface area (Å²) in [4.78, 5) is 3.30. The van der Waals surface area contributed by atoms with Crippen molar-refractivity contribution in [2.24, 2.45) is 0 Å². The normalized spacial score (nSPS) is 8.42. The number of benzene rings is 11. The molecule has 0 aliphatic carbocycles. The largest absolute Gasteiger partial charge is 0.219 e. The lowest BCUT2D eigenvalue weighted by Gasteiger charge is -2.03. The van der Waals surface area contributed by atoms with Crippen LogP contribution in [0.2, 0.25) is 0 Å². The highest BCUT2D eigenvalue weighted by atomic mass is 32.2.